The van der Waals surface area contributed by atoms with E-state index in [-0.39, 0.29) is 24.8 Å². The lowest BCUT2D eigenvalue weighted by Gasteiger charge is -2.32. The number of pyridine rings is 1. The molecule has 0 radical (unpaired) electrons. The number of aromatic nitrogens is 1. The zero-order valence-corrected chi connectivity index (χ0v) is 14.2. The molecule has 4 rings (SSSR count). The molecule has 0 bridgehead atoms. The summed E-state index contributed by atoms with van der Waals surface area (Å²) in [5, 5.41) is 3.01. The van der Waals surface area contributed by atoms with Crippen LogP contribution in [0.4, 0.5) is 0 Å². The van der Waals surface area contributed by atoms with Gasteiger partial charge in [-0.05, 0) is 36.8 Å². The molecule has 0 aliphatic carbocycles. The van der Waals surface area contributed by atoms with E-state index in [0.29, 0.717) is 36.9 Å². The first-order valence-electron chi connectivity index (χ1n) is 8.59. The van der Waals surface area contributed by atoms with E-state index >= 15 is 0 Å². The highest BCUT2D eigenvalue weighted by Crippen LogP contribution is 2.32. The van der Waals surface area contributed by atoms with E-state index in [0.717, 1.165) is 12.1 Å². The first kappa shape index (κ1) is 16.8. The Morgan fingerprint density at radius 1 is 1.23 bits per heavy atom. The summed E-state index contributed by atoms with van der Waals surface area (Å²) in [4.78, 5) is 16.9. The number of hydrogen-bond acceptors (Lipinski definition) is 6. The third-order valence-electron chi connectivity index (χ3n) is 4.42. The van der Waals surface area contributed by atoms with Crippen molar-refractivity contribution < 1.29 is 23.7 Å². The maximum absolute atomic E-state index is 12.6. The second kappa shape index (κ2) is 7.72. The van der Waals surface area contributed by atoms with Crippen LogP contribution in [0.3, 0.4) is 0 Å². The first-order chi connectivity index (χ1) is 12.8. The lowest BCUT2D eigenvalue weighted by atomic mass is 10.1. The molecule has 1 N–H and O–H groups in total. The summed E-state index contributed by atoms with van der Waals surface area (Å²) in [6, 6.07) is 10.6. The number of amides is 1. The highest BCUT2D eigenvalue weighted by molar-refractivity contribution is 5.95. The lowest BCUT2D eigenvalue weighted by Crippen LogP contribution is -2.50. The van der Waals surface area contributed by atoms with Crippen LogP contribution in [0, 0.1) is 0 Å². The monoisotopic (exact) mass is 356 g/mol. The van der Waals surface area contributed by atoms with E-state index in [2.05, 4.69) is 10.3 Å². The Hall–Kier alpha value is -2.64. The van der Waals surface area contributed by atoms with Crippen LogP contribution in [0.1, 0.15) is 22.5 Å². The van der Waals surface area contributed by atoms with Crippen molar-refractivity contribution in [2.45, 2.75) is 25.2 Å². The van der Waals surface area contributed by atoms with Gasteiger partial charge in [-0.1, -0.05) is 6.07 Å². The Kier molecular flexibility index (Phi) is 4.99. The Labute approximate surface area is 151 Å². The van der Waals surface area contributed by atoms with E-state index in [1.807, 2.05) is 18.2 Å². The summed E-state index contributed by atoms with van der Waals surface area (Å²) in [5.41, 5.74) is 1.38. The van der Waals surface area contributed by atoms with Gasteiger partial charge in [0, 0.05) is 18.4 Å². The number of ether oxygens (including phenoxy) is 4. The van der Waals surface area contributed by atoms with Gasteiger partial charge in [-0.15, -0.1) is 0 Å². The number of rotatable bonds is 5. The van der Waals surface area contributed by atoms with Gasteiger partial charge in [0.2, 0.25) is 6.79 Å². The average molecular weight is 356 g/mol. The predicted octanol–water partition coefficient (Wildman–Crippen LogP) is 1.91. The second-order valence-corrected chi connectivity index (χ2v) is 6.18. The van der Waals surface area contributed by atoms with E-state index < -0.39 is 0 Å². The molecule has 2 aliphatic heterocycles. The molecular weight excluding hydrogens is 336 g/mol. The summed E-state index contributed by atoms with van der Waals surface area (Å²) in [6.45, 7) is 1.62. The Morgan fingerprint density at radius 2 is 2.15 bits per heavy atom. The molecule has 2 atom stereocenters. The van der Waals surface area contributed by atoms with Crippen LogP contribution in [0.25, 0.3) is 0 Å². The van der Waals surface area contributed by atoms with Gasteiger partial charge in [-0.3, -0.25) is 9.78 Å². The molecule has 0 unspecified atom stereocenters. The summed E-state index contributed by atoms with van der Waals surface area (Å²) < 4.78 is 22.1. The highest BCUT2D eigenvalue weighted by atomic mass is 16.7. The van der Waals surface area contributed by atoms with Crippen LogP contribution in [-0.4, -0.2) is 43.0 Å². The van der Waals surface area contributed by atoms with Crippen molar-refractivity contribution in [2.24, 2.45) is 0 Å². The SMILES string of the molecule is O=C(N[C@@H]1COCC[C@H]1OCc1ccccn1)c1ccc2c(c1)OCO2. The zero-order chi connectivity index (χ0) is 17.8. The molecular formula is C19H20N2O5. The average Bonchev–Trinajstić information content (AvgIpc) is 3.16. The third kappa shape index (κ3) is 3.79. The summed E-state index contributed by atoms with van der Waals surface area (Å²) in [6.07, 6.45) is 2.34. The van der Waals surface area contributed by atoms with E-state index in [1.54, 1.807) is 24.4 Å². The fraction of sp³-hybridized carbons (Fsp3) is 0.368. The Morgan fingerprint density at radius 3 is 3.04 bits per heavy atom. The molecule has 1 aromatic heterocycles. The fourth-order valence-electron chi connectivity index (χ4n) is 3.02. The fourth-order valence-corrected chi connectivity index (χ4v) is 3.02. The van der Waals surface area contributed by atoms with Crippen LogP contribution in [0.2, 0.25) is 0 Å². The summed E-state index contributed by atoms with van der Waals surface area (Å²) >= 11 is 0. The number of nitrogens with zero attached hydrogens (tertiary/aromatic N) is 1. The minimum Gasteiger partial charge on any atom is -0.454 e. The maximum Gasteiger partial charge on any atom is 0.251 e. The van der Waals surface area contributed by atoms with Crippen LogP contribution in [0.5, 0.6) is 11.5 Å². The van der Waals surface area contributed by atoms with Gasteiger partial charge in [0.15, 0.2) is 11.5 Å². The Balaban J connectivity index is 1.39. The number of benzene rings is 1. The molecule has 1 fully saturated rings. The first-order valence-corrected chi connectivity index (χ1v) is 8.59. The van der Waals surface area contributed by atoms with Gasteiger partial charge in [-0.2, -0.15) is 0 Å². The van der Waals surface area contributed by atoms with Crippen molar-refractivity contribution in [2.75, 3.05) is 20.0 Å². The van der Waals surface area contributed by atoms with Crippen LogP contribution in [0.15, 0.2) is 42.6 Å². The molecule has 7 nitrogen and oxygen atoms in total. The minimum atomic E-state index is -0.217. The van der Waals surface area contributed by atoms with Crippen molar-refractivity contribution in [3.8, 4) is 11.5 Å². The van der Waals surface area contributed by atoms with Gasteiger partial charge >= 0.3 is 0 Å². The van der Waals surface area contributed by atoms with Gasteiger partial charge in [0.05, 0.1) is 31.1 Å². The van der Waals surface area contributed by atoms with Crippen molar-refractivity contribution >= 4 is 5.91 Å². The van der Waals surface area contributed by atoms with Gasteiger partial charge in [-0.25, -0.2) is 0 Å². The molecule has 1 aromatic carbocycles. The van der Waals surface area contributed by atoms with E-state index in [4.69, 9.17) is 18.9 Å². The molecule has 1 amide bonds. The normalized spacial score (nSPS) is 21.4. The molecule has 26 heavy (non-hydrogen) atoms. The largest absolute Gasteiger partial charge is 0.454 e. The maximum atomic E-state index is 12.6. The Bertz CT molecular complexity index is 768. The number of carbonyl (C=O) groups excluding carboxylic acids is 1. The highest BCUT2D eigenvalue weighted by Gasteiger charge is 2.29. The third-order valence-corrected chi connectivity index (χ3v) is 4.42. The minimum absolute atomic E-state index is 0.122. The van der Waals surface area contributed by atoms with E-state index in [9.17, 15) is 4.79 Å². The van der Waals surface area contributed by atoms with Crippen molar-refractivity contribution in [1.82, 2.24) is 10.3 Å². The number of fused-ring (bicyclic) bond motifs is 1. The summed E-state index contributed by atoms with van der Waals surface area (Å²) in [7, 11) is 0. The van der Waals surface area contributed by atoms with Crippen LogP contribution < -0.4 is 14.8 Å². The van der Waals surface area contributed by atoms with Gasteiger partial charge in [0.25, 0.3) is 5.91 Å². The molecule has 3 heterocycles. The summed E-state index contributed by atoms with van der Waals surface area (Å²) in [5.74, 6) is 1.05. The molecule has 0 spiro atoms. The number of nitrogens with one attached hydrogen (secondary N) is 1. The molecule has 2 aliphatic rings. The second-order valence-electron chi connectivity index (χ2n) is 6.18. The van der Waals surface area contributed by atoms with Crippen LogP contribution in [-0.2, 0) is 16.1 Å². The van der Waals surface area contributed by atoms with Crippen molar-refractivity contribution in [1.29, 1.82) is 0 Å². The quantitative estimate of drug-likeness (QED) is 0.882. The molecule has 1 saturated heterocycles. The number of hydrogen-bond donors (Lipinski definition) is 1. The molecule has 7 heteroatoms. The van der Waals surface area contributed by atoms with Crippen LogP contribution >= 0.6 is 0 Å². The predicted molar refractivity (Wildman–Crippen MR) is 92.1 cm³/mol. The van der Waals surface area contributed by atoms with Gasteiger partial charge in [0.1, 0.15) is 0 Å². The molecule has 2 aromatic rings. The smallest absolute Gasteiger partial charge is 0.251 e. The number of carbonyl (C=O) groups is 1. The van der Waals surface area contributed by atoms with Crippen molar-refractivity contribution in [3.63, 3.8) is 0 Å². The molecule has 0 saturated carbocycles. The lowest BCUT2D eigenvalue weighted by molar-refractivity contribution is -0.0612. The van der Waals surface area contributed by atoms with E-state index in [1.165, 1.54) is 0 Å². The van der Waals surface area contributed by atoms with Crippen molar-refractivity contribution in [3.05, 3.63) is 53.9 Å². The van der Waals surface area contributed by atoms with Gasteiger partial charge < -0.3 is 24.3 Å². The topological polar surface area (TPSA) is 78.9 Å². The standard InChI is InChI=1S/C19H20N2O5/c22-19(13-4-5-17-18(9-13)26-12-25-17)21-15-11-23-8-6-16(15)24-10-14-3-1-2-7-20-14/h1-5,7,9,15-16H,6,8,10-12H2,(H,21,22)/t15-,16-/m1/s1. The molecule has 136 valence electrons. The zero-order valence-electron chi connectivity index (χ0n) is 14.2.